The summed E-state index contributed by atoms with van der Waals surface area (Å²) >= 11 is 0. The molecule has 0 aromatic heterocycles. The molecule has 22 heavy (non-hydrogen) atoms. The third kappa shape index (κ3) is 6.12. The Bertz CT molecular complexity index is 1010. The molecule has 0 aliphatic heterocycles. The summed E-state index contributed by atoms with van der Waals surface area (Å²) in [4.78, 5) is 0.136. The van der Waals surface area contributed by atoms with Crippen molar-refractivity contribution in [2.75, 3.05) is 0 Å². The molecule has 0 unspecified atom stereocenters. The van der Waals surface area contributed by atoms with E-state index in [1.165, 1.54) is 12.1 Å². The number of terminal acetylenes is 1. The second-order valence-corrected chi connectivity index (χ2v) is 5.37. The van der Waals surface area contributed by atoms with Crippen LogP contribution >= 0.6 is 0 Å². The van der Waals surface area contributed by atoms with E-state index in [0.29, 0.717) is 0 Å². The van der Waals surface area contributed by atoms with Crippen molar-refractivity contribution in [1.29, 1.82) is 0 Å². The summed E-state index contributed by atoms with van der Waals surface area (Å²) < 4.78 is 23.7. The van der Waals surface area contributed by atoms with Gasteiger partial charge in [0, 0.05) is 17.1 Å². The summed E-state index contributed by atoms with van der Waals surface area (Å²) in [5.41, 5.74) is 0.968. The molecular formula is C19H8O2S. The SMILES string of the molecule is C#CC#CC#CC#CC#CC#CS(=O)(=O)c1ccc(C)cc1. The van der Waals surface area contributed by atoms with E-state index >= 15 is 0 Å². The van der Waals surface area contributed by atoms with Crippen molar-refractivity contribution in [1.82, 2.24) is 0 Å². The predicted octanol–water partition coefficient (Wildman–Crippen LogP) is 1.38. The van der Waals surface area contributed by atoms with Crippen LogP contribution in [0.15, 0.2) is 29.2 Å². The number of rotatable bonds is 1. The second kappa shape index (κ2) is 8.65. The molecule has 0 heterocycles. The standard InChI is InChI=1S/C19H8O2S/c1-3-4-5-6-7-8-9-10-11-12-17-22(20,21)19-15-13-18(2)14-16-19/h1,13-16H,2H3. The zero-order chi connectivity index (χ0) is 16.3. The first-order chi connectivity index (χ1) is 10.6. The Balaban J connectivity index is 2.78. The topological polar surface area (TPSA) is 34.1 Å². The highest BCUT2D eigenvalue weighted by molar-refractivity contribution is 7.96. The highest BCUT2D eigenvalue weighted by atomic mass is 32.2. The van der Waals surface area contributed by atoms with Crippen LogP contribution in [0.1, 0.15) is 5.56 Å². The molecule has 0 atom stereocenters. The van der Waals surface area contributed by atoms with Gasteiger partial charge in [0.15, 0.2) is 0 Å². The van der Waals surface area contributed by atoms with Gasteiger partial charge in [-0.15, -0.1) is 6.42 Å². The van der Waals surface area contributed by atoms with E-state index in [1.807, 2.05) is 6.92 Å². The Hall–Kier alpha value is -3.47. The van der Waals surface area contributed by atoms with E-state index in [2.05, 4.69) is 64.5 Å². The summed E-state index contributed by atoms with van der Waals surface area (Å²) in [5.74, 6) is 23.3. The lowest BCUT2D eigenvalue weighted by molar-refractivity contribution is 0.606. The van der Waals surface area contributed by atoms with Gasteiger partial charge in [0.1, 0.15) is 0 Å². The summed E-state index contributed by atoms with van der Waals surface area (Å²) in [6.07, 6.45) is 4.89. The van der Waals surface area contributed by atoms with Gasteiger partial charge < -0.3 is 0 Å². The van der Waals surface area contributed by atoms with Crippen LogP contribution in [-0.2, 0) is 9.84 Å². The fourth-order valence-corrected chi connectivity index (χ4v) is 1.92. The predicted molar refractivity (Wildman–Crippen MR) is 86.1 cm³/mol. The molecule has 1 rings (SSSR count). The first-order valence-corrected chi connectivity index (χ1v) is 7.33. The van der Waals surface area contributed by atoms with E-state index in [0.717, 1.165) is 5.56 Å². The van der Waals surface area contributed by atoms with Crippen LogP contribution in [0.25, 0.3) is 0 Å². The molecule has 1 aromatic carbocycles. The van der Waals surface area contributed by atoms with Crippen molar-refractivity contribution in [3.05, 3.63) is 29.8 Å². The molecule has 102 valence electrons. The van der Waals surface area contributed by atoms with E-state index in [4.69, 9.17) is 6.42 Å². The third-order valence-electron chi connectivity index (χ3n) is 2.09. The summed E-state index contributed by atoms with van der Waals surface area (Å²) in [6, 6.07) is 6.40. The van der Waals surface area contributed by atoms with Gasteiger partial charge in [-0.1, -0.05) is 17.7 Å². The van der Waals surface area contributed by atoms with Gasteiger partial charge in [0.25, 0.3) is 0 Å². The smallest absolute Gasteiger partial charge is 0.210 e. The Labute approximate surface area is 131 Å². The summed E-state index contributed by atoms with van der Waals surface area (Å²) in [7, 11) is -3.66. The van der Waals surface area contributed by atoms with Gasteiger partial charge in [0.2, 0.25) is 9.84 Å². The molecular weight excluding hydrogens is 292 g/mol. The van der Waals surface area contributed by atoms with Crippen LogP contribution in [0.2, 0.25) is 0 Å². The number of sulfone groups is 1. The van der Waals surface area contributed by atoms with Crippen LogP contribution in [0, 0.1) is 77.8 Å². The minimum atomic E-state index is -3.66. The number of aryl methyl sites for hydroxylation is 1. The summed E-state index contributed by atoms with van der Waals surface area (Å²) in [6.45, 7) is 1.87. The van der Waals surface area contributed by atoms with Gasteiger partial charge in [-0.2, -0.15) is 0 Å². The van der Waals surface area contributed by atoms with Crippen LogP contribution in [0.3, 0.4) is 0 Å². The molecule has 0 saturated heterocycles. The Morgan fingerprint density at radius 2 is 1.23 bits per heavy atom. The van der Waals surface area contributed by atoms with Crippen molar-refractivity contribution in [3.8, 4) is 70.9 Å². The molecule has 0 saturated carbocycles. The van der Waals surface area contributed by atoms with E-state index < -0.39 is 9.84 Å². The number of hydrogen-bond acceptors (Lipinski definition) is 2. The Kier molecular flexibility index (Phi) is 6.52. The lowest BCUT2D eigenvalue weighted by Gasteiger charge is -1.96. The van der Waals surface area contributed by atoms with Crippen molar-refractivity contribution < 1.29 is 8.42 Å². The van der Waals surface area contributed by atoms with Crippen LogP contribution in [-0.4, -0.2) is 8.42 Å². The normalized spacial score (nSPS) is 7.64. The molecule has 0 N–H and O–H groups in total. The first-order valence-electron chi connectivity index (χ1n) is 5.85. The van der Waals surface area contributed by atoms with Gasteiger partial charge in [-0.05, 0) is 66.4 Å². The average molecular weight is 300 g/mol. The molecule has 0 aliphatic carbocycles. The molecule has 0 radical (unpaired) electrons. The molecule has 3 heteroatoms. The monoisotopic (exact) mass is 300 g/mol. The van der Waals surface area contributed by atoms with Crippen molar-refractivity contribution in [2.45, 2.75) is 11.8 Å². The van der Waals surface area contributed by atoms with E-state index in [-0.39, 0.29) is 4.90 Å². The fourth-order valence-electron chi connectivity index (χ4n) is 1.12. The van der Waals surface area contributed by atoms with Crippen LogP contribution in [0.5, 0.6) is 0 Å². The Morgan fingerprint density at radius 3 is 1.73 bits per heavy atom. The third-order valence-corrected chi connectivity index (χ3v) is 3.35. The second-order valence-electron chi connectivity index (χ2n) is 3.69. The maximum absolute atomic E-state index is 11.8. The van der Waals surface area contributed by atoms with Gasteiger partial charge in [-0.3, -0.25) is 0 Å². The van der Waals surface area contributed by atoms with Crippen LogP contribution in [0.4, 0.5) is 0 Å². The molecule has 0 bridgehead atoms. The van der Waals surface area contributed by atoms with Gasteiger partial charge in [0.05, 0.1) is 4.90 Å². The molecule has 0 amide bonds. The molecule has 0 aliphatic rings. The zero-order valence-corrected chi connectivity index (χ0v) is 12.4. The summed E-state index contributed by atoms with van der Waals surface area (Å²) in [5, 5.41) is 2.11. The minimum Gasteiger partial charge on any atom is -0.210 e. The number of hydrogen-bond donors (Lipinski definition) is 0. The highest BCUT2D eigenvalue weighted by Crippen LogP contribution is 2.10. The van der Waals surface area contributed by atoms with Crippen LogP contribution < -0.4 is 0 Å². The van der Waals surface area contributed by atoms with Crippen molar-refractivity contribution >= 4 is 9.84 Å². The Morgan fingerprint density at radius 1 is 0.773 bits per heavy atom. The van der Waals surface area contributed by atoms with Crippen molar-refractivity contribution in [2.24, 2.45) is 0 Å². The number of benzene rings is 1. The lowest BCUT2D eigenvalue weighted by Crippen LogP contribution is -1.96. The maximum atomic E-state index is 11.8. The zero-order valence-electron chi connectivity index (χ0n) is 11.6. The van der Waals surface area contributed by atoms with Gasteiger partial charge in [-0.25, -0.2) is 8.42 Å². The lowest BCUT2D eigenvalue weighted by atomic mass is 10.2. The maximum Gasteiger partial charge on any atom is 0.246 e. The van der Waals surface area contributed by atoms with Gasteiger partial charge >= 0.3 is 0 Å². The largest absolute Gasteiger partial charge is 0.246 e. The average Bonchev–Trinajstić information content (AvgIpc) is 2.49. The highest BCUT2D eigenvalue weighted by Gasteiger charge is 2.09. The first kappa shape index (κ1) is 16.6. The minimum absolute atomic E-state index is 0.136. The molecule has 0 fully saturated rings. The molecule has 0 spiro atoms. The molecule has 1 aromatic rings. The van der Waals surface area contributed by atoms with E-state index in [9.17, 15) is 8.42 Å². The molecule has 2 nitrogen and oxygen atoms in total. The van der Waals surface area contributed by atoms with Crippen molar-refractivity contribution in [3.63, 3.8) is 0 Å². The quantitative estimate of drug-likeness (QED) is 0.580. The van der Waals surface area contributed by atoms with E-state index in [1.54, 1.807) is 12.1 Å². The fraction of sp³-hybridized carbons (Fsp3) is 0.0526.